The fourth-order valence-electron chi connectivity index (χ4n) is 1.67. The van der Waals surface area contributed by atoms with E-state index >= 15 is 0 Å². The van der Waals surface area contributed by atoms with Gasteiger partial charge in [0.2, 0.25) is 0 Å². The van der Waals surface area contributed by atoms with Gasteiger partial charge in [0, 0.05) is 5.92 Å². The summed E-state index contributed by atoms with van der Waals surface area (Å²) in [5.74, 6) is -2.05. The largest absolute Gasteiger partial charge is 0.481 e. The van der Waals surface area contributed by atoms with Gasteiger partial charge in [-0.25, -0.2) is 13.2 Å². The molecule has 92 valence electrons. The monoisotopic (exact) mass is 250 g/mol. The first kappa shape index (κ1) is 12.8. The van der Waals surface area contributed by atoms with Crippen molar-refractivity contribution >= 4 is 15.8 Å². The molecule has 16 heavy (non-hydrogen) atoms. The van der Waals surface area contributed by atoms with Crippen LogP contribution in [0.25, 0.3) is 0 Å². The fraction of sp³-hybridized carbons (Fsp3) is 0.667. The van der Waals surface area contributed by atoms with E-state index < -0.39 is 27.7 Å². The molecule has 1 aliphatic rings. The number of hydrogen-bond donors (Lipinski definition) is 1. The molecule has 1 aliphatic heterocycles. The van der Waals surface area contributed by atoms with Crippen molar-refractivity contribution in [2.75, 3.05) is 25.7 Å². The second-order valence-electron chi connectivity index (χ2n) is 3.51. The lowest BCUT2D eigenvalue weighted by Crippen LogP contribution is -2.19. The van der Waals surface area contributed by atoms with Crippen molar-refractivity contribution in [1.29, 1.82) is 0 Å². The van der Waals surface area contributed by atoms with Gasteiger partial charge in [-0.15, -0.1) is 0 Å². The van der Waals surface area contributed by atoms with Crippen LogP contribution in [0.2, 0.25) is 0 Å². The summed E-state index contributed by atoms with van der Waals surface area (Å²) >= 11 is 0. The molecule has 0 bridgehead atoms. The molecule has 1 fully saturated rings. The molecule has 1 N–H and O–H groups in total. The summed E-state index contributed by atoms with van der Waals surface area (Å²) in [7, 11) is -0.775. The number of aliphatic hydroxyl groups is 1. The molecule has 1 atom stereocenters. The highest BCUT2D eigenvalue weighted by molar-refractivity contribution is 7.91. The Hall–Kier alpha value is -1.24. The summed E-state index contributed by atoms with van der Waals surface area (Å²) in [5, 5.41) is 9.41. The van der Waals surface area contributed by atoms with Gasteiger partial charge in [0.15, 0.2) is 9.84 Å². The third-order valence-electron chi connectivity index (χ3n) is 2.47. The van der Waals surface area contributed by atoms with Gasteiger partial charge in [-0.3, -0.25) is 0 Å². The van der Waals surface area contributed by atoms with Gasteiger partial charge in [0.1, 0.15) is 5.57 Å². The van der Waals surface area contributed by atoms with E-state index in [-0.39, 0.29) is 17.1 Å². The Balaban J connectivity index is 3.01. The molecule has 0 amide bonds. The van der Waals surface area contributed by atoms with Crippen molar-refractivity contribution in [3.05, 3.63) is 11.5 Å². The standard InChI is InChI=1S/C9H14O6S/c1-14-8(10)7(9(11)15-2)6-3-4-16(12,13)5-6/h6,10H,3-5H2,1-2H3. The molecule has 7 heteroatoms. The Labute approximate surface area is 93.8 Å². The summed E-state index contributed by atoms with van der Waals surface area (Å²) in [6.07, 6.45) is 0.292. The molecule has 0 aromatic heterocycles. The SMILES string of the molecule is COC(=O)C(=C(O)OC)C1CCS(=O)(=O)C1. The maximum absolute atomic E-state index is 11.4. The van der Waals surface area contributed by atoms with E-state index in [1.807, 2.05) is 0 Å². The number of ether oxygens (including phenoxy) is 2. The van der Waals surface area contributed by atoms with Gasteiger partial charge in [0.25, 0.3) is 5.95 Å². The molecule has 0 saturated carbocycles. The lowest BCUT2D eigenvalue weighted by Gasteiger charge is -2.12. The zero-order chi connectivity index (χ0) is 12.3. The highest BCUT2D eigenvalue weighted by Crippen LogP contribution is 2.28. The lowest BCUT2D eigenvalue weighted by molar-refractivity contribution is -0.137. The van der Waals surface area contributed by atoms with E-state index in [0.717, 1.165) is 7.11 Å². The molecule has 1 unspecified atom stereocenters. The predicted octanol–water partition coefficient (Wildman–Crippen LogP) is 0.0101. The number of carbonyl (C=O) groups excluding carboxylic acids is 1. The second kappa shape index (κ2) is 4.73. The van der Waals surface area contributed by atoms with Crippen molar-refractivity contribution in [3.8, 4) is 0 Å². The number of aliphatic hydroxyl groups excluding tert-OH is 1. The first-order valence-electron chi connectivity index (χ1n) is 4.67. The molecule has 0 aromatic carbocycles. The maximum atomic E-state index is 11.4. The predicted molar refractivity (Wildman–Crippen MR) is 55.4 cm³/mol. The van der Waals surface area contributed by atoms with Gasteiger partial charge in [-0.2, -0.15) is 0 Å². The number of sulfone groups is 1. The van der Waals surface area contributed by atoms with E-state index in [4.69, 9.17) is 0 Å². The third kappa shape index (κ3) is 2.66. The van der Waals surface area contributed by atoms with Crippen molar-refractivity contribution in [3.63, 3.8) is 0 Å². The minimum atomic E-state index is -3.13. The van der Waals surface area contributed by atoms with E-state index in [0.29, 0.717) is 6.42 Å². The smallest absolute Gasteiger partial charge is 0.341 e. The number of esters is 1. The molecular weight excluding hydrogens is 236 g/mol. The van der Waals surface area contributed by atoms with Crippen LogP contribution < -0.4 is 0 Å². The van der Waals surface area contributed by atoms with E-state index in [1.165, 1.54) is 7.11 Å². The number of carbonyl (C=O) groups is 1. The van der Waals surface area contributed by atoms with Crippen LogP contribution in [0.15, 0.2) is 11.5 Å². The molecule has 0 spiro atoms. The molecule has 1 rings (SSSR count). The average Bonchev–Trinajstić information content (AvgIpc) is 2.58. The van der Waals surface area contributed by atoms with E-state index in [2.05, 4.69) is 9.47 Å². The molecule has 0 radical (unpaired) electrons. The maximum Gasteiger partial charge on any atom is 0.341 e. The van der Waals surface area contributed by atoms with Crippen molar-refractivity contribution in [2.24, 2.45) is 5.92 Å². The van der Waals surface area contributed by atoms with Gasteiger partial charge >= 0.3 is 5.97 Å². The molecule has 0 aliphatic carbocycles. The van der Waals surface area contributed by atoms with Gasteiger partial charge in [0.05, 0.1) is 25.7 Å². The first-order chi connectivity index (χ1) is 7.41. The van der Waals surface area contributed by atoms with Gasteiger partial charge in [-0.05, 0) is 6.42 Å². The molecular formula is C9H14O6S. The zero-order valence-corrected chi connectivity index (χ0v) is 9.91. The normalized spacial score (nSPS) is 24.8. The molecule has 6 nitrogen and oxygen atoms in total. The molecule has 1 saturated heterocycles. The van der Waals surface area contributed by atoms with Crippen LogP contribution in [0.3, 0.4) is 0 Å². The number of rotatable bonds is 3. The quantitative estimate of drug-likeness (QED) is 0.431. The first-order valence-corrected chi connectivity index (χ1v) is 6.49. The minimum Gasteiger partial charge on any atom is -0.481 e. The topological polar surface area (TPSA) is 89.9 Å². The number of hydrogen-bond acceptors (Lipinski definition) is 6. The summed E-state index contributed by atoms with van der Waals surface area (Å²) in [6.45, 7) is 0. The van der Waals surface area contributed by atoms with Crippen LogP contribution in [-0.2, 0) is 24.1 Å². The Bertz CT molecular complexity index is 408. The highest BCUT2D eigenvalue weighted by atomic mass is 32.2. The van der Waals surface area contributed by atoms with Gasteiger partial charge in [-0.1, -0.05) is 0 Å². The number of methoxy groups -OCH3 is 2. The van der Waals surface area contributed by atoms with E-state index in [9.17, 15) is 18.3 Å². The highest BCUT2D eigenvalue weighted by Gasteiger charge is 2.36. The van der Waals surface area contributed by atoms with Crippen LogP contribution in [0, 0.1) is 5.92 Å². The Morgan fingerprint density at radius 3 is 2.31 bits per heavy atom. The minimum absolute atomic E-state index is 0.00908. The Kier molecular flexibility index (Phi) is 3.79. The fourth-order valence-corrected chi connectivity index (χ4v) is 3.43. The van der Waals surface area contributed by atoms with Crippen LogP contribution >= 0.6 is 0 Å². The summed E-state index contributed by atoms with van der Waals surface area (Å²) < 4.78 is 31.6. The van der Waals surface area contributed by atoms with Crippen LogP contribution in [0.4, 0.5) is 0 Å². The molecule has 1 heterocycles. The molecule has 0 aromatic rings. The van der Waals surface area contributed by atoms with Crippen LogP contribution in [0.5, 0.6) is 0 Å². The Morgan fingerprint density at radius 1 is 1.31 bits per heavy atom. The summed E-state index contributed by atoms with van der Waals surface area (Å²) in [5.41, 5.74) is -0.105. The third-order valence-corrected chi connectivity index (χ3v) is 4.24. The lowest BCUT2D eigenvalue weighted by atomic mass is 9.99. The average molecular weight is 250 g/mol. The van der Waals surface area contributed by atoms with Crippen molar-refractivity contribution in [2.45, 2.75) is 6.42 Å². The Morgan fingerprint density at radius 2 is 1.94 bits per heavy atom. The van der Waals surface area contributed by atoms with Crippen LogP contribution in [-0.4, -0.2) is 45.2 Å². The van der Waals surface area contributed by atoms with Crippen molar-refractivity contribution < 1.29 is 27.8 Å². The zero-order valence-electron chi connectivity index (χ0n) is 9.10. The summed E-state index contributed by atoms with van der Waals surface area (Å²) in [4.78, 5) is 11.4. The van der Waals surface area contributed by atoms with Crippen LogP contribution in [0.1, 0.15) is 6.42 Å². The van der Waals surface area contributed by atoms with Gasteiger partial charge < -0.3 is 14.6 Å². The second-order valence-corrected chi connectivity index (χ2v) is 5.74. The van der Waals surface area contributed by atoms with Crippen molar-refractivity contribution in [1.82, 2.24) is 0 Å². The van der Waals surface area contributed by atoms with E-state index in [1.54, 1.807) is 0 Å². The summed E-state index contributed by atoms with van der Waals surface area (Å²) in [6, 6.07) is 0.